The quantitative estimate of drug-likeness (QED) is 0.767. The van der Waals surface area contributed by atoms with Crippen molar-refractivity contribution in [3.8, 4) is 0 Å². The van der Waals surface area contributed by atoms with Gasteiger partial charge in [-0.05, 0) is 36.3 Å². The predicted octanol–water partition coefficient (Wildman–Crippen LogP) is 3.71. The van der Waals surface area contributed by atoms with Crippen LogP contribution in [-0.2, 0) is 6.54 Å². The van der Waals surface area contributed by atoms with Gasteiger partial charge in [0.1, 0.15) is 5.82 Å². The lowest BCUT2D eigenvalue weighted by Gasteiger charge is -2.30. The fraction of sp³-hybridized carbons (Fsp3) is 0.350. The van der Waals surface area contributed by atoms with Gasteiger partial charge in [0.25, 0.3) is 0 Å². The van der Waals surface area contributed by atoms with Crippen LogP contribution in [0.15, 0.2) is 54.6 Å². The normalized spacial score (nSPS) is 12.0. The average molecular weight is 343 g/mol. The second-order valence-electron chi connectivity index (χ2n) is 5.84. The summed E-state index contributed by atoms with van der Waals surface area (Å²) in [5.41, 5.74) is 2.05. The number of nitrogens with zero attached hydrogens (tertiary/aromatic N) is 1. The molecule has 134 valence electrons. The third-order valence-electron chi connectivity index (χ3n) is 4.26. The van der Waals surface area contributed by atoms with Crippen LogP contribution in [0, 0.1) is 5.82 Å². The smallest absolute Gasteiger partial charge is 0.315 e. The molecule has 0 fully saturated rings. The first-order valence-electron chi connectivity index (χ1n) is 8.69. The Morgan fingerprint density at radius 1 is 1.00 bits per heavy atom. The van der Waals surface area contributed by atoms with Crippen LogP contribution in [0.25, 0.3) is 0 Å². The van der Waals surface area contributed by atoms with E-state index in [1.54, 1.807) is 12.1 Å². The van der Waals surface area contributed by atoms with Crippen molar-refractivity contribution in [2.75, 3.05) is 19.6 Å². The van der Waals surface area contributed by atoms with Gasteiger partial charge in [-0.25, -0.2) is 9.18 Å². The van der Waals surface area contributed by atoms with E-state index in [1.165, 1.54) is 17.7 Å². The van der Waals surface area contributed by atoms with Crippen molar-refractivity contribution < 1.29 is 9.18 Å². The molecule has 0 bridgehead atoms. The van der Waals surface area contributed by atoms with Gasteiger partial charge in [-0.15, -0.1) is 0 Å². The van der Waals surface area contributed by atoms with E-state index >= 15 is 0 Å². The van der Waals surface area contributed by atoms with Gasteiger partial charge in [-0.3, -0.25) is 4.90 Å². The van der Waals surface area contributed by atoms with Gasteiger partial charge in [0.05, 0.1) is 6.04 Å². The van der Waals surface area contributed by atoms with Crippen LogP contribution < -0.4 is 10.6 Å². The molecule has 0 heterocycles. The molecule has 0 aliphatic rings. The molecule has 0 radical (unpaired) electrons. The maximum atomic E-state index is 12.9. The molecule has 5 heteroatoms. The van der Waals surface area contributed by atoms with E-state index in [9.17, 15) is 9.18 Å². The number of halogens is 1. The van der Waals surface area contributed by atoms with Crippen LogP contribution in [0.1, 0.15) is 31.0 Å². The summed E-state index contributed by atoms with van der Waals surface area (Å²) in [6.45, 7) is 6.96. The molecule has 0 saturated heterocycles. The highest BCUT2D eigenvalue weighted by atomic mass is 19.1. The number of hydrogen-bond donors (Lipinski definition) is 2. The molecule has 2 aromatic carbocycles. The predicted molar refractivity (Wildman–Crippen MR) is 98.7 cm³/mol. The van der Waals surface area contributed by atoms with Gasteiger partial charge in [0.15, 0.2) is 0 Å². The Labute approximate surface area is 149 Å². The summed E-state index contributed by atoms with van der Waals surface area (Å²) in [5, 5.41) is 5.76. The monoisotopic (exact) mass is 343 g/mol. The minimum atomic E-state index is -0.280. The average Bonchev–Trinajstić information content (AvgIpc) is 2.65. The van der Waals surface area contributed by atoms with Gasteiger partial charge in [0, 0.05) is 13.1 Å². The number of benzene rings is 2. The zero-order valence-corrected chi connectivity index (χ0v) is 14.8. The second kappa shape index (κ2) is 9.79. The maximum Gasteiger partial charge on any atom is 0.315 e. The molecule has 25 heavy (non-hydrogen) atoms. The summed E-state index contributed by atoms with van der Waals surface area (Å²) >= 11 is 0. The number of likely N-dealkylation sites (N-methyl/N-ethyl adjacent to an activating group) is 1. The Hall–Kier alpha value is -2.40. The summed E-state index contributed by atoms with van der Waals surface area (Å²) in [6.07, 6.45) is 0. The Kier molecular flexibility index (Phi) is 7.41. The maximum absolute atomic E-state index is 12.9. The van der Waals surface area contributed by atoms with Crippen LogP contribution in [0.5, 0.6) is 0 Å². The van der Waals surface area contributed by atoms with E-state index in [0.717, 1.165) is 18.7 Å². The van der Waals surface area contributed by atoms with Crippen molar-refractivity contribution in [1.29, 1.82) is 0 Å². The molecule has 0 aliphatic carbocycles. The van der Waals surface area contributed by atoms with Gasteiger partial charge in [-0.2, -0.15) is 0 Å². The van der Waals surface area contributed by atoms with Crippen LogP contribution >= 0.6 is 0 Å². The van der Waals surface area contributed by atoms with E-state index < -0.39 is 0 Å². The molecule has 0 aliphatic heterocycles. The molecule has 2 aromatic rings. The van der Waals surface area contributed by atoms with Crippen molar-refractivity contribution in [3.63, 3.8) is 0 Å². The molecular formula is C20H26FN3O. The Morgan fingerprint density at radius 3 is 2.24 bits per heavy atom. The standard InChI is InChI=1S/C20H26FN3O/c1-3-24(4-2)19(17-8-6-5-7-9-17)15-23-20(25)22-14-16-10-12-18(21)13-11-16/h5-13,19H,3-4,14-15H2,1-2H3,(H2,22,23,25)/t19-/m0/s1. The van der Waals surface area contributed by atoms with E-state index in [2.05, 4.69) is 41.5 Å². The SMILES string of the molecule is CCN(CC)[C@@H](CNC(=O)NCc1ccc(F)cc1)c1ccccc1. The lowest BCUT2D eigenvalue weighted by Crippen LogP contribution is -2.42. The number of urea groups is 1. The first-order valence-corrected chi connectivity index (χ1v) is 8.69. The number of carbonyl (C=O) groups excluding carboxylic acids is 1. The highest BCUT2D eigenvalue weighted by molar-refractivity contribution is 5.73. The van der Waals surface area contributed by atoms with Crippen LogP contribution in [0.3, 0.4) is 0 Å². The van der Waals surface area contributed by atoms with Crippen molar-refractivity contribution in [1.82, 2.24) is 15.5 Å². The van der Waals surface area contributed by atoms with Gasteiger partial charge in [0.2, 0.25) is 0 Å². The van der Waals surface area contributed by atoms with E-state index in [4.69, 9.17) is 0 Å². The van der Waals surface area contributed by atoms with E-state index in [-0.39, 0.29) is 17.9 Å². The lowest BCUT2D eigenvalue weighted by atomic mass is 10.1. The summed E-state index contributed by atoms with van der Waals surface area (Å²) in [6, 6.07) is 16.2. The molecule has 0 unspecified atom stereocenters. The number of carbonyl (C=O) groups is 1. The molecule has 0 aromatic heterocycles. The zero-order valence-electron chi connectivity index (χ0n) is 14.8. The van der Waals surface area contributed by atoms with Crippen LogP contribution in [0.2, 0.25) is 0 Å². The zero-order chi connectivity index (χ0) is 18.1. The van der Waals surface area contributed by atoms with Gasteiger partial charge >= 0.3 is 6.03 Å². The third-order valence-corrected chi connectivity index (χ3v) is 4.26. The number of amides is 2. The van der Waals surface area contributed by atoms with Crippen molar-refractivity contribution in [2.24, 2.45) is 0 Å². The molecule has 0 spiro atoms. The summed E-state index contributed by atoms with van der Waals surface area (Å²) < 4.78 is 12.9. The van der Waals surface area contributed by atoms with Crippen molar-refractivity contribution >= 4 is 6.03 Å². The van der Waals surface area contributed by atoms with Crippen molar-refractivity contribution in [2.45, 2.75) is 26.4 Å². The van der Waals surface area contributed by atoms with Gasteiger partial charge in [-0.1, -0.05) is 56.3 Å². The fourth-order valence-corrected chi connectivity index (χ4v) is 2.83. The molecule has 2 amide bonds. The Balaban J connectivity index is 1.90. The highest BCUT2D eigenvalue weighted by Crippen LogP contribution is 2.19. The summed E-state index contributed by atoms with van der Waals surface area (Å²) in [7, 11) is 0. The Bertz CT molecular complexity index is 642. The largest absolute Gasteiger partial charge is 0.336 e. The number of hydrogen-bond acceptors (Lipinski definition) is 2. The number of nitrogens with one attached hydrogen (secondary N) is 2. The molecule has 2 rings (SSSR count). The van der Waals surface area contributed by atoms with Crippen LogP contribution in [-0.4, -0.2) is 30.6 Å². The molecule has 2 N–H and O–H groups in total. The highest BCUT2D eigenvalue weighted by Gasteiger charge is 2.18. The summed E-state index contributed by atoms with van der Waals surface area (Å²) in [5.74, 6) is -0.280. The molecule has 0 saturated carbocycles. The van der Waals surface area contributed by atoms with Gasteiger partial charge < -0.3 is 10.6 Å². The summed E-state index contributed by atoms with van der Waals surface area (Å²) in [4.78, 5) is 14.4. The topological polar surface area (TPSA) is 44.4 Å². The molecule has 1 atom stereocenters. The lowest BCUT2D eigenvalue weighted by molar-refractivity contribution is 0.206. The Morgan fingerprint density at radius 2 is 1.64 bits per heavy atom. The van der Waals surface area contributed by atoms with Crippen molar-refractivity contribution in [3.05, 3.63) is 71.5 Å². The fourth-order valence-electron chi connectivity index (χ4n) is 2.83. The first kappa shape index (κ1) is 18.9. The minimum absolute atomic E-state index is 0.132. The molecule has 4 nitrogen and oxygen atoms in total. The van der Waals surface area contributed by atoms with E-state index in [0.29, 0.717) is 13.1 Å². The third kappa shape index (κ3) is 5.87. The van der Waals surface area contributed by atoms with Crippen LogP contribution in [0.4, 0.5) is 9.18 Å². The minimum Gasteiger partial charge on any atom is -0.336 e. The first-order chi connectivity index (χ1) is 12.1. The second-order valence-corrected chi connectivity index (χ2v) is 5.84. The molecular weight excluding hydrogens is 317 g/mol. The van der Waals surface area contributed by atoms with E-state index in [1.807, 2.05) is 18.2 Å². The number of rotatable bonds is 8.